The molecule has 0 fully saturated rings. The van der Waals surface area contributed by atoms with Crippen molar-refractivity contribution in [3.8, 4) is 5.75 Å². The maximum Gasteiger partial charge on any atom is 0.323 e. The van der Waals surface area contributed by atoms with Crippen molar-refractivity contribution in [2.24, 2.45) is 0 Å². The lowest BCUT2D eigenvalue weighted by molar-refractivity contribution is 0.181. The van der Waals surface area contributed by atoms with Crippen molar-refractivity contribution in [3.63, 3.8) is 0 Å². The largest absolute Gasteiger partial charge is 0.471 e. The molecule has 2 amide bonds. The molecule has 1 aromatic heterocycles. The molecule has 5 heteroatoms. The number of para-hydroxylation sites is 1. The highest BCUT2D eigenvalue weighted by Crippen LogP contribution is 2.26. The van der Waals surface area contributed by atoms with E-state index in [1.54, 1.807) is 13.0 Å². The average molecular weight is 313 g/mol. The number of benzene rings is 1. The molecule has 0 spiro atoms. The van der Waals surface area contributed by atoms with E-state index < -0.39 is 6.23 Å². The first kappa shape index (κ1) is 16.8. The second-order valence-electron chi connectivity index (χ2n) is 5.72. The van der Waals surface area contributed by atoms with Gasteiger partial charge in [0.25, 0.3) is 0 Å². The molecule has 1 atom stereocenters. The minimum Gasteiger partial charge on any atom is -0.471 e. The van der Waals surface area contributed by atoms with Gasteiger partial charge in [-0.25, -0.2) is 9.78 Å². The maximum atomic E-state index is 12.0. The summed E-state index contributed by atoms with van der Waals surface area (Å²) >= 11 is 0. The van der Waals surface area contributed by atoms with Crippen LogP contribution < -0.4 is 15.4 Å². The van der Waals surface area contributed by atoms with Gasteiger partial charge in [-0.3, -0.25) is 5.32 Å². The molecule has 0 aliphatic carbocycles. The number of urea groups is 1. The molecule has 23 heavy (non-hydrogen) atoms. The third-order valence-electron chi connectivity index (χ3n) is 3.31. The van der Waals surface area contributed by atoms with Crippen LogP contribution in [0.3, 0.4) is 0 Å². The minimum absolute atomic E-state index is 0.349. The van der Waals surface area contributed by atoms with Gasteiger partial charge < -0.3 is 10.1 Å². The predicted octanol–water partition coefficient (Wildman–Crippen LogP) is 4.06. The summed E-state index contributed by atoms with van der Waals surface area (Å²) in [7, 11) is 0. The Morgan fingerprint density at radius 3 is 2.52 bits per heavy atom. The fraction of sp³-hybridized carbons (Fsp3) is 0.333. The smallest absolute Gasteiger partial charge is 0.323 e. The van der Waals surface area contributed by atoms with Crippen LogP contribution in [-0.4, -0.2) is 17.2 Å². The van der Waals surface area contributed by atoms with E-state index in [1.807, 2.05) is 43.3 Å². The second-order valence-corrected chi connectivity index (χ2v) is 5.72. The number of aromatic nitrogens is 1. The molecule has 0 aliphatic rings. The predicted molar refractivity (Wildman–Crippen MR) is 91.7 cm³/mol. The molecule has 1 heterocycles. The van der Waals surface area contributed by atoms with E-state index in [2.05, 4.69) is 29.5 Å². The number of pyridine rings is 1. The first-order chi connectivity index (χ1) is 11.0. The molecule has 1 unspecified atom stereocenters. The molecular formula is C18H23N3O2. The van der Waals surface area contributed by atoms with E-state index >= 15 is 0 Å². The number of nitrogens with one attached hydrogen (secondary N) is 2. The van der Waals surface area contributed by atoms with Crippen molar-refractivity contribution in [3.05, 3.63) is 53.7 Å². The number of aryl methyl sites for hydroxylation is 1. The lowest BCUT2D eigenvalue weighted by Crippen LogP contribution is -2.39. The molecular weight excluding hydrogens is 290 g/mol. The summed E-state index contributed by atoms with van der Waals surface area (Å²) in [6, 6.07) is 13.0. The third kappa shape index (κ3) is 4.98. The Bertz CT molecular complexity index is 671. The van der Waals surface area contributed by atoms with Gasteiger partial charge in [-0.15, -0.1) is 0 Å². The monoisotopic (exact) mass is 313 g/mol. The van der Waals surface area contributed by atoms with Crippen molar-refractivity contribution >= 4 is 11.8 Å². The van der Waals surface area contributed by atoms with E-state index in [9.17, 15) is 4.79 Å². The van der Waals surface area contributed by atoms with Gasteiger partial charge in [-0.1, -0.05) is 38.1 Å². The summed E-state index contributed by atoms with van der Waals surface area (Å²) in [6.45, 7) is 7.88. The molecule has 2 rings (SSSR count). The molecule has 122 valence electrons. The highest BCUT2D eigenvalue weighted by molar-refractivity contribution is 5.88. The number of amides is 2. The van der Waals surface area contributed by atoms with Gasteiger partial charge in [0.05, 0.1) is 0 Å². The van der Waals surface area contributed by atoms with Crippen LogP contribution in [0.1, 0.15) is 37.9 Å². The Morgan fingerprint density at radius 2 is 1.83 bits per heavy atom. The van der Waals surface area contributed by atoms with E-state index in [0.29, 0.717) is 11.7 Å². The Morgan fingerprint density at radius 1 is 1.09 bits per heavy atom. The summed E-state index contributed by atoms with van der Waals surface area (Å²) in [5.41, 5.74) is 1.96. The Hall–Kier alpha value is -2.56. The Balaban J connectivity index is 1.94. The fourth-order valence-electron chi connectivity index (χ4n) is 2.23. The van der Waals surface area contributed by atoms with Gasteiger partial charge in [0, 0.05) is 5.69 Å². The number of rotatable bonds is 5. The molecule has 2 aromatic rings. The zero-order chi connectivity index (χ0) is 16.8. The first-order valence-electron chi connectivity index (χ1n) is 7.72. The van der Waals surface area contributed by atoms with Gasteiger partial charge in [0.1, 0.15) is 11.6 Å². The van der Waals surface area contributed by atoms with Gasteiger partial charge in [0.2, 0.25) is 0 Å². The molecule has 0 bridgehead atoms. The highest BCUT2D eigenvalue weighted by Gasteiger charge is 2.12. The normalized spacial score (nSPS) is 11.9. The van der Waals surface area contributed by atoms with Crippen molar-refractivity contribution in [1.29, 1.82) is 0 Å². The van der Waals surface area contributed by atoms with Crippen LogP contribution in [0.4, 0.5) is 10.6 Å². The summed E-state index contributed by atoms with van der Waals surface area (Å²) in [6.07, 6.45) is -0.459. The number of hydrogen-bond donors (Lipinski definition) is 2. The lowest BCUT2D eigenvalue weighted by Gasteiger charge is -2.20. The summed E-state index contributed by atoms with van der Waals surface area (Å²) in [4.78, 5) is 16.2. The van der Waals surface area contributed by atoms with Crippen molar-refractivity contribution in [1.82, 2.24) is 10.3 Å². The van der Waals surface area contributed by atoms with Gasteiger partial charge in [-0.05, 0) is 43.5 Å². The molecule has 5 nitrogen and oxygen atoms in total. The maximum absolute atomic E-state index is 12.0. The first-order valence-corrected chi connectivity index (χ1v) is 7.72. The van der Waals surface area contributed by atoms with Crippen LogP contribution in [0.2, 0.25) is 0 Å². The summed E-state index contributed by atoms with van der Waals surface area (Å²) in [5.74, 6) is 1.64. The van der Waals surface area contributed by atoms with Crippen LogP contribution in [0.15, 0.2) is 42.5 Å². The van der Waals surface area contributed by atoms with Gasteiger partial charge in [0.15, 0.2) is 6.23 Å². The highest BCUT2D eigenvalue weighted by atomic mass is 16.5. The Labute approximate surface area is 137 Å². The molecule has 0 saturated carbocycles. The van der Waals surface area contributed by atoms with Crippen LogP contribution >= 0.6 is 0 Å². The standard InChI is InChI=1S/C18H23N3O2/c1-12(2)15-9-5-6-10-16(15)23-14(4)20-18(22)21-17-11-7-8-13(3)19-17/h5-12,14H,1-4H3,(H2,19,20,21,22). The number of nitrogens with zero attached hydrogens (tertiary/aromatic N) is 1. The van der Waals surface area contributed by atoms with Crippen molar-refractivity contribution < 1.29 is 9.53 Å². The lowest BCUT2D eigenvalue weighted by atomic mass is 10.0. The molecule has 0 radical (unpaired) electrons. The third-order valence-corrected chi connectivity index (χ3v) is 3.31. The molecule has 0 saturated heterocycles. The minimum atomic E-state index is -0.459. The SMILES string of the molecule is Cc1cccc(NC(=O)NC(C)Oc2ccccc2C(C)C)n1. The zero-order valence-electron chi connectivity index (χ0n) is 14.0. The van der Waals surface area contributed by atoms with Crippen LogP contribution in [0, 0.1) is 6.92 Å². The number of ether oxygens (including phenoxy) is 1. The zero-order valence-corrected chi connectivity index (χ0v) is 14.0. The summed E-state index contributed by atoms with van der Waals surface area (Å²) < 4.78 is 5.85. The number of anilines is 1. The average Bonchev–Trinajstić information content (AvgIpc) is 2.47. The number of hydrogen-bond acceptors (Lipinski definition) is 3. The fourth-order valence-corrected chi connectivity index (χ4v) is 2.23. The van der Waals surface area contributed by atoms with Crippen molar-refractivity contribution in [2.45, 2.75) is 39.8 Å². The van der Waals surface area contributed by atoms with Crippen LogP contribution in [0.5, 0.6) is 5.75 Å². The topological polar surface area (TPSA) is 63.2 Å². The molecule has 1 aromatic carbocycles. The van der Waals surface area contributed by atoms with Gasteiger partial charge >= 0.3 is 6.03 Å². The molecule has 0 aliphatic heterocycles. The van der Waals surface area contributed by atoms with E-state index in [1.165, 1.54) is 0 Å². The number of carbonyl (C=O) groups excluding carboxylic acids is 1. The van der Waals surface area contributed by atoms with Gasteiger partial charge in [-0.2, -0.15) is 0 Å². The van der Waals surface area contributed by atoms with E-state index in [4.69, 9.17) is 4.74 Å². The second kappa shape index (κ2) is 7.63. The molecule has 2 N–H and O–H groups in total. The summed E-state index contributed by atoms with van der Waals surface area (Å²) in [5, 5.41) is 5.45. The Kier molecular flexibility index (Phi) is 5.57. The van der Waals surface area contributed by atoms with Crippen molar-refractivity contribution in [2.75, 3.05) is 5.32 Å². The van der Waals surface area contributed by atoms with E-state index in [0.717, 1.165) is 17.0 Å². The van der Waals surface area contributed by atoms with Crippen LogP contribution in [0.25, 0.3) is 0 Å². The van der Waals surface area contributed by atoms with Crippen LogP contribution in [-0.2, 0) is 0 Å². The van der Waals surface area contributed by atoms with E-state index in [-0.39, 0.29) is 6.03 Å². The number of carbonyl (C=O) groups is 1. The quantitative estimate of drug-likeness (QED) is 0.818.